The van der Waals surface area contributed by atoms with Crippen LogP contribution in [0.1, 0.15) is 12.0 Å². The van der Waals surface area contributed by atoms with E-state index in [9.17, 15) is 13.2 Å². The van der Waals surface area contributed by atoms with Gasteiger partial charge < -0.3 is 5.73 Å². The highest BCUT2D eigenvalue weighted by Gasteiger charge is 2.21. The number of hydrogen-bond acceptors (Lipinski definition) is 2. The fourth-order valence-corrected chi connectivity index (χ4v) is 2.21. The summed E-state index contributed by atoms with van der Waals surface area (Å²) in [5.41, 5.74) is 6.02. The van der Waals surface area contributed by atoms with Crippen molar-refractivity contribution in [1.29, 1.82) is 0 Å². The zero-order valence-corrected chi connectivity index (χ0v) is 9.43. The number of likely N-dealkylation sites (tertiary alicyclic amines) is 1. The Morgan fingerprint density at radius 2 is 1.88 bits per heavy atom. The van der Waals surface area contributed by atoms with Gasteiger partial charge in [0, 0.05) is 13.1 Å². The Hall–Kier alpha value is -1.07. The standard InChI is InChI=1S/C12H15F3N2/c13-10-3-9(4-11(14)12(10)15)7-17-2-1-8(5-16)6-17/h3-4,8H,1-2,5-7,16H2. The van der Waals surface area contributed by atoms with E-state index in [1.165, 1.54) is 0 Å². The van der Waals surface area contributed by atoms with Crippen molar-refractivity contribution in [3.63, 3.8) is 0 Å². The lowest BCUT2D eigenvalue weighted by Gasteiger charge is -2.15. The number of hydrogen-bond donors (Lipinski definition) is 1. The van der Waals surface area contributed by atoms with Crippen molar-refractivity contribution >= 4 is 0 Å². The summed E-state index contributed by atoms with van der Waals surface area (Å²) >= 11 is 0. The van der Waals surface area contributed by atoms with E-state index in [-0.39, 0.29) is 0 Å². The molecular formula is C12H15F3N2. The maximum Gasteiger partial charge on any atom is 0.194 e. The molecule has 94 valence electrons. The molecule has 17 heavy (non-hydrogen) atoms. The number of benzene rings is 1. The van der Waals surface area contributed by atoms with Crippen LogP contribution in [0, 0.1) is 23.4 Å². The quantitative estimate of drug-likeness (QED) is 0.823. The van der Waals surface area contributed by atoms with Crippen LogP contribution < -0.4 is 5.73 Å². The molecule has 1 aromatic rings. The van der Waals surface area contributed by atoms with Crippen molar-refractivity contribution < 1.29 is 13.2 Å². The highest BCUT2D eigenvalue weighted by Crippen LogP contribution is 2.20. The molecule has 0 spiro atoms. The van der Waals surface area contributed by atoms with Gasteiger partial charge in [0.2, 0.25) is 0 Å². The van der Waals surface area contributed by atoms with E-state index < -0.39 is 17.5 Å². The molecule has 1 unspecified atom stereocenters. The number of nitrogens with two attached hydrogens (primary N) is 1. The van der Waals surface area contributed by atoms with E-state index in [4.69, 9.17) is 5.73 Å². The molecule has 2 rings (SSSR count). The minimum atomic E-state index is -1.41. The van der Waals surface area contributed by atoms with E-state index in [0.29, 0.717) is 24.6 Å². The van der Waals surface area contributed by atoms with Gasteiger partial charge in [0.1, 0.15) is 0 Å². The van der Waals surface area contributed by atoms with E-state index in [1.807, 2.05) is 0 Å². The molecule has 1 atom stereocenters. The lowest BCUT2D eigenvalue weighted by atomic mass is 10.1. The van der Waals surface area contributed by atoms with Gasteiger partial charge in [-0.2, -0.15) is 0 Å². The zero-order valence-electron chi connectivity index (χ0n) is 9.43. The Kier molecular flexibility index (Phi) is 3.69. The van der Waals surface area contributed by atoms with Crippen molar-refractivity contribution in [2.75, 3.05) is 19.6 Å². The molecular weight excluding hydrogens is 229 g/mol. The van der Waals surface area contributed by atoms with Gasteiger partial charge in [0.15, 0.2) is 17.5 Å². The second kappa shape index (κ2) is 5.06. The highest BCUT2D eigenvalue weighted by molar-refractivity contribution is 5.19. The molecule has 1 aliphatic heterocycles. The molecule has 0 bridgehead atoms. The molecule has 1 saturated heterocycles. The Bertz CT molecular complexity index is 386. The molecule has 1 aromatic carbocycles. The summed E-state index contributed by atoms with van der Waals surface area (Å²) in [6.45, 7) is 2.76. The molecule has 0 aromatic heterocycles. The van der Waals surface area contributed by atoms with Gasteiger partial charge in [-0.3, -0.25) is 4.90 Å². The maximum atomic E-state index is 13.0. The van der Waals surface area contributed by atoms with Crippen LogP contribution in [0.25, 0.3) is 0 Å². The molecule has 0 saturated carbocycles. The predicted molar refractivity (Wildman–Crippen MR) is 58.8 cm³/mol. The van der Waals surface area contributed by atoms with Crippen LogP contribution in [0.5, 0.6) is 0 Å². The summed E-state index contributed by atoms with van der Waals surface area (Å²) in [4.78, 5) is 2.07. The molecule has 1 heterocycles. The predicted octanol–water partition coefficient (Wildman–Crippen LogP) is 1.88. The van der Waals surface area contributed by atoms with Gasteiger partial charge in [-0.15, -0.1) is 0 Å². The zero-order chi connectivity index (χ0) is 12.4. The summed E-state index contributed by atoms with van der Waals surface area (Å²) in [7, 11) is 0. The van der Waals surface area contributed by atoms with E-state index >= 15 is 0 Å². The van der Waals surface area contributed by atoms with Crippen LogP contribution in [0.2, 0.25) is 0 Å². The van der Waals surface area contributed by atoms with Crippen LogP contribution >= 0.6 is 0 Å². The molecule has 1 fully saturated rings. The highest BCUT2D eigenvalue weighted by atomic mass is 19.2. The smallest absolute Gasteiger partial charge is 0.194 e. The van der Waals surface area contributed by atoms with Gasteiger partial charge in [0.05, 0.1) is 0 Å². The summed E-state index contributed by atoms with van der Waals surface area (Å²) in [6, 6.07) is 2.10. The minimum absolute atomic E-state index is 0.435. The molecule has 1 aliphatic rings. The molecule has 0 amide bonds. The Morgan fingerprint density at radius 1 is 1.24 bits per heavy atom. The van der Waals surface area contributed by atoms with Gasteiger partial charge in [0.25, 0.3) is 0 Å². The van der Waals surface area contributed by atoms with Gasteiger partial charge in [-0.25, -0.2) is 13.2 Å². The van der Waals surface area contributed by atoms with Crippen LogP contribution in [-0.2, 0) is 6.54 Å². The third-order valence-electron chi connectivity index (χ3n) is 3.15. The average Bonchev–Trinajstić information content (AvgIpc) is 2.73. The normalized spacial score (nSPS) is 21.1. The van der Waals surface area contributed by atoms with Crippen LogP contribution in [0.15, 0.2) is 12.1 Å². The van der Waals surface area contributed by atoms with E-state index in [0.717, 1.165) is 31.6 Å². The van der Waals surface area contributed by atoms with Crippen molar-refractivity contribution in [3.8, 4) is 0 Å². The first kappa shape index (κ1) is 12.4. The second-order valence-corrected chi connectivity index (χ2v) is 4.50. The monoisotopic (exact) mass is 244 g/mol. The second-order valence-electron chi connectivity index (χ2n) is 4.50. The SMILES string of the molecule is NCC1CCN(Cc2cc(F)c(F)c(F)c2)C1. The molecule has 2 N–H and O–H groups in total. The third kappa shape index (κ3) is 2.79. The number of rotatable bonds is 3. The Labute approximate surface area is 98.2 Å². The average molecular weight is 244 g/mol. The molecule has 0 radical (unpaired) electrons. The first-order valence-corrected chi connectivity index (χ1v) is 5.66. The summed E-state index contributed by atoms with van der Waals surface area (Å²) in [6.07, 6.45) is 1.00. The first-order valence-electron chi connectivity index (χ1n) is 5.66. The van der Waals surface area contributed by atoms with Crippen LogP contribution in [0.3, 0.4) is 0 Å². The van der Waals surface area contributed by atoms with Crippen LogP contribution in [0.4, 0.5) is 13.2 Å². The third-order valence-corrected chi connectivity index (χ3v) is 3.15. The summed E-state index contributed by atoms with van der Waals surface area (Å²) < 4.78 is 38.8. The fourth-order valence-electron chi connectivity index (χ4n) is 2.21. The lowest BCUT2D eigenvalue weighted by Crippen LogP contribution is -2.23. The molecule has 0 aliphatic carbocycles. The number of nitrogens with zero attached hydrogens (tertiary/aromatic N) is 1. The fraction of sp³-hybridized carbons (Fsp3) is 0.500. The van der Waals surface area contributed by atoms with E-state index in [2.05, 4.69) is 4.90 Å². The maximum absolute atomic E-state index is 13.0. The van der Waals surface area contributed by atoms with Gasteiger partial charge in [-0.1, -0.05) is 0 Å². The first-order chi connectivity index (χ1) is 8.10. The summed E-state index contributed by atoms with van der Waals surface area (Å²) in [5, 5.41) is 0. The molecule has 2 nitrogen and oxygen atoms in total. The Morgan fingerprint density at radius 3 is 2.41 bits per heavy atom. The Balaban J connectivity index is 2.04. The van der Waals surface area contributed by atoms with Crippen LogP contribution in [-0.4, -0.2) is 24.5 Å². The van der Waals surface area contributed by atoms with Crippen molar-refractivity contribution in [2.45, 2.75) is 13.0 Å². The topological polar surface area (TPSA) is 29.3 Å². The minimum Gasteiger partial charge on any atom is -0.330 e. The summed E-state index contributed by atoms with van der Waals surface area (Å²) in [5.74, 6) is -3.22. The van der Waals surface area contributed by atoms with Gasteiger partial charge in [-0.05, 0) is 43.1 Å². The van der Waals surface area contributed by atoms with Crippen molar-refractivity contribution in [2.24, 2.45) is 11.7 Å². The largest absolute Gasteiger partial charge is 0.330 e. The lowest BCUT2D eigenvalue weighted by molar-refractivity contribution is 0.315. The van der Waals surface area contributed by atoms with Crippen molar-refractivity contribution in [1.82, 2.24) is 4.90 Å². The number of halogens is 3. The van der Waals surface area contributed by atoms with Gasteiger partial charge >= 0.3 is 0 Å². The molecule has 5 heteroatoms. The van der Waals surface area contributed by atoms with E-state index in [1.54, 1.807) is 0 Å². The van der Waals surface area contributed by atoms with Crippen molar-refractivity contribution in [3.05, 3.63) is 35.1 Å².